The fourth-order valence-corrected chi connectivity index (χ4v) is 5.16. The number of amides is 2. The first kappa shape index (κ1) is 19.4. The fourth-order valence-electron chi connectivity index (χ4n) is 3.30. The molecule has 1 heterocycles. The minimum absolute atomic E-state index is 0.0505. The Morgan fingerprint density at radius 3 is 2.32 bits per heavy atom. The number of nitrogens with zero attached hydrogens (tertiary/aromatic N) is 1. The van der Waals surface area contributed by atoms with E-state index in [0.717, 1.165) is 22.4 Å². The largest absolute Gasteiger partial charge is 0.336 e. The van der Waals surface area contributed by atoms with Crippen LogP contribution >= 0.6 is 0 Å². The molecule has 6 nitrogen and oxygen atoms in total. The third-order valence-corrected chi connectivity index (χ3v) is 6.37. The Kier molecular flexibility index (Phi) is 5.87. The van der Waals surface area contributed by atoms with E-state index in [0.29, 0.717) is 6.42 Å². The number of hydrogen-bond donors (Lipinski definition) is 1. The van der Waals surface area contributed by atoms with Crippen LogP contribution in [0.5, 0.6) is 0 Å². The quantitative estimate of drug-likeness (QED) is 0.862. The van der Waals surface area contributed by atoms with E-state index in [2.05, 4.69) is 5.32 Å². The highest BCUT2D eigenvalue weighted by atomic mass is 32.2. The highest BCUT2D eigenvalue weighted by molar-refractivity contribution is 7.91. The van der Waals surface area contributed by atoms with Crippen LogP contribution in [-0.4, -0.2) is 50.2 Å². The summed E-state index contributed by atoms with van der Waals surface area (Å²) in [4.78, 5) is 25.8. The van der Waals surface area contributed by atoms with E-state index in [9.17, 15) is 18.0 Å². The first-order valence-corrected chi connectivity index (χ1v) is 10.2. The monoisotopic (exact) mass is 366 g/mol. The van der Waals surface area contributed by atoms with Gasteiger partial charge in [-0.15, -0.1) is 0 Å². The predicted molar refractivity (Wildman–Crippen MR) is 98.3 cm³/mol. The molecule has 0 saturated carbocycles. The van der Waals surface area contributed by atoms with Gasteiger partial charge < -0.3 is 10.2 Å². The molecule has 1 aliphatic rings. The van der Waals surface area contributed by atoms with Gasteiger partial charge in [-0.25, -0.2) is 8.42 Å². The van der Waals surface area contributed by atoms with Crippen LogP contribution in [0.1, 0.15) is 29.5 Å². The lowest BCUT2D eigenvalue weighted by Gasteiger charge is -2.19. The first-order chi connectivity index (χ1) is 11.6. The normalized spacial score (nSPS) is 18.8. The lowest BCUT2D eigenvalue weighted by atomic mass is 10.0. The molecular formula is C18H26N2O4S. The lowest BCUT2D eigenvalue weighted by molar-refractivity contribution is -0.134. The van der Waals surface area contributed by atoms with Crippen LogP contribution in [0.4, 0.5) is 5.69 Å². The molecule has 1 aliphatic heterocycles. The van der Waals surface area contributed by atoms with E-state index >= 15 is 0 Å². The van der Waals surface area contributed by atoms with Crippen LogP contribution in [0.15, 0.2) is 12.1 Å². The van der Waals surface area contributed by atoms with Gasteiger partial charge in [0.2, 0.25) is 11.8 Å². The van der Waals surface area contributed by atoms with Crippen LogP contribution in [-0.2, 0) is 19.4 Å². The molecule has 1 atom stereocenters. The molecule has 25 heavy (non-hydrogen) atoms. The van der Waals surface area contributed by atoms with Crippen molar-refractivity contribution in [1.82, 2.24) is 4.90 Å². The third kappa shape index (κ3) is 5.29. The summed E-state index contributed by atoms with van der Waals surface area (Å²) in [5, 5.41) is 2.87. The molecule has 1 aromatic rings. The van der Waals surface area contributed by atoms with Crippen LogP contribution in [0.3, 0.4) is 0 Å². The highest BCUT2D eigenvalue weighted by Gasteiger charge is 2.30. The molecule has 1 fully saturated rings. The molecule has 0 aliphatic carbocycles. The van der Waals surface area contributed by atoms with Gasteiger partial charge in [-0.3, -0.25) is 9.59 Å². The average Bonchev–Trinajstić information content (AvgIpc) is 2.81. The number of anilines is 1. The Morgan fingerprint density at radius 2 is 1.80 bits per heavy atom. The van der Waals surface area contributed by atoms with E-state index in [1.165, 1.54) is 4.90 Å². The summed E-state index contributed by atoms with van der Waals surface area (Å²) in [6.07, 6.45) is 0.696. The molecule has 1 N–H and O–H groups in total. The number of sulfone groups is 1. The molecule has 0 unspecified atom stereocenters. The van der Waals surface area contributed by atoms with Crippen molar-refractivity contribution in [3.8, 4) is 0 Å². The summed E-state index contributed by atoms with van der Waals surface area (Å²) < 4.78 is 22.9. The number of benzene rings is 1. The van der Waals surface area contributed by atoms with Gasteiger partial charge in [0.05, 0.1) is 18.1 Å². The maximum atomic E-state index is 12.3. The second kappa shape index (κ2) is 7.56. The summed E-state index contributed by atoms with van der Waals surface area (Å²) in [7, 11) is -1.42. The Balaban J connectivity index is 1.91. The van der Waals surface area contributed by atoms with E-state index in [1.807, 2.05) is 32.9 Å². The zero-order valence-electron chi connectivity index (χ0n) is 15.3. The standard InChI is InChI=1S/C18H26N2O4S/c1-12-7-13(2)18(14(3)8-12)19-16(21)10-20(4)17(22)9-15-5-6-25(23,24)11-15/h7-8,15H,5-6,9-11H2,1-4H3,(H,19,21)/t15-/m0/s1. The lowest BCUT2D eigenvalue weighted by Crippen LogP contribution is -2.36. The van der Waals surface area contributed by atoms with Crippen molar-refractivity contribution in [2.24, 2.45) is 5.92 Å². The van der Waals surface area contributed by atoms with Gasteiger partial charge in [0.15, 0.2) is 9.84 Å². The van der Waals surface area contributed by atoms with Gasteiger partial charge >= 0.3 is 0 Å². The number of likely N-dealkylation sites (N-methyl/N-ethyl adjacent to an activating group) is 1. The molecule has 2 amide bonds. The molecule has 0 aromatic heterocycles. The van der Waals surface area contributed by atoms with Gasteiger partial charge in [-0.1, -0.05) is 17.7 Å². The van der Waals surface area contributed by atoms with Crippen LogP contribution in [0.2, 0.25) is 0 Å². The van der Waals surface area contributed by atoms with E-state index in [4.69, 9.17) is 0 Å². The smallest absolute Gasteiger partial charge is 0.243 e. The maximum absolute atomic E-state index is 12.3. The number of hydrogen-bond acceptors (Lipinski definition) is 4. The van der Waals surface area contributed by atoms with Crippen LogP contribution in [0, 0.1) is 26.7 Å². The summed E-state index contributed by atoms with van der Waals surface area (Å²) in [6.45, 7) is 5.82. The third-order valence-electron chi connectivity index (χ3n) is 4.54. The van der Waals surface area contributed by atoms with Gasteiger partial charge in [0, 0.05) is 19.2 Å². The average molecular weight is 366 g/mol. The van der Waals surface area contributed by atoms with E-state index < -0.39 is 9.84 Å². The topological polar surface area (TPSA) is 83.6 Å². The predicted octanol–water partition coefficient (Wildman–Crippen LogP) is 1.83. The van der Waals surface area contributed by atoms with Gasteiger partial charge in [0.1, 0.15) is 0 Å². The Labute approximate surface area is 149 Å². The summed E-state index contributed by atoms with van der Waals surface area (Å²) in [6, 6.07) is 4.00. The molecule has 7 heteroatoms. The number of rotatable bonds is 5. The summed E-state index contributed by atoms with van der Waals surface area (Å²) in [5.41, 5.74) is 3.87. The molecule has 1 aromatic carbocycles. The molecule has 1 saturated heterocycles. The van der Waals surface area contributed by atoms with Crippen molar-refractivity contribution in [1.29, 1.82) is 0 Å². The van der Waals surface area contributed by atoms with Crippen molar-refractivity contribution in [3.05, 3.63) is 28.8 Å². The van der Waals surface area contributed by atoms with Crippen LogP contribution < -0.4 is 5.32 Å². The first-order valence-electron chi connectivity index (χ1n) is 8.39. The molecule has 0 radical (unpaired) electrons. The fraction of sp³-hybridized carbons (Fsp3) is 0.556. The zero-order valence-corrected chi connectivity index (χ0v) is 16.1. The van der Waals surface area contributed by atoms with Crippen LogP contribution in [0.25, 0.3) is 0 Å². The van der Waals surface area contributed by atoms with Crippen molar-refractivity contribution < 1.29 is 18.0 Å². The Hall–Kier alpha value is -1.89. The maximum Gasteiger partial charge on any atom is 0.243 e. The minimum Gasteiger partial charge on any atom is -0.336 e. The second-order valence-corrected chi connectivity index (χ2v) is 9.27. The van der Waals surface area contributed by atoms with Crippen molar-refractivity contribution >= 4 is 27.3 Å². The summed E-state index contributed by atoms with van der Waals surface area (Å²) in [5.74, 6) is -0.370. The Bertz CT molecular complexity index is 763. The molecule has 2 rings (SSSR count). The van der Waals surface area contributed by atoms with Gasteiger partial charge in [-0.2, -0.15) is 0 Å². The summed E-state index contributed by atoms with van der Waals surface area (Å²) >= 11 is 0. The van der Waals surface area contributed by atoms with E-state index in [-0.39, 0.29) is 42.2 Å². The number of carbonyl (C=O) groups excluding carboxylic acids is 2. The second-order valence-electron chi connectivity index (χ2n) is 7.04. The molecule has 0 bridgehead atoms. The number of aryl methyl sites for hydroxylation is 3. The zero-order chi connectivity index (χ0) is 18.8. The molecule has 138 valence electrons. The molecule has 0 spiro atoms. The van der Waals surface area contributed by atoms with Gasteiger partial charge in [0.25, 0.3) is 0 Å². The Morgan fingerprint density at radius 1 is 1.20 bits per heavy atom. The number of carbonyl (C=O) groups is 2. The molecular weight excluding hydrogens is 340 g/mol. The van der Waals surface area contributed by atoms with Crippen molar-refractivity contribution in [2.75, 3.05) is 30.4 Å². The van der Waals surface area contributed by atoms with E-state index in [1.54, 1.807) is 7.05 Å². The van der Waals surface area contributed by atoms with Crippen molar-refractivity contribution in [3.63, 3.8) is 0 Å². The van der Waals surface area contributed by atoms with Crippen molar-refractivity contribution in [2.45, 2.75) is 33.6 Å². The SMILES string of the molecule is Cc1cc(C)c(NC(=O)CN(C)C(=O)C[C@@H]2CCS(=O)(=O)C2)c(C)c1. The highest BCUT2D eigenvalue weighted by Crippen LogP contribution is 2.23. The minimum atomic E-state index is -2.99. The number of nitrogens with one attached hydrogen (secondary N) is 1. The van der Waals surface area contributed by atoms with Gasteiger partial charge in [-0.05, 0) is 44.2 Å².